The van der Waals surface area contributed by atoms with Gasteiger partial charge in [0.1, 0.15) is 5.69 Å². The summed E-state index contributed by atoms with van der Waals surface area (Å²) in [4.78, 5) is 16.2. The Bertz CT molecular complexity index is 850. The summed E-state index contributed by atoms with van der Waals surface area (Å²) in [6.07, 6.45) is 1.74. The highest BCUT2D eigenvalue weighted by Gasteiger charge is 2.22. The highest BCUT2D eigenvalue weighted by Crippen LogP contribution is 2.32. The number of pyridine rings is 1. The summed E-state index contributed by atoms with van der Waals surface area (Å²) in [5.74, 6) is -0.608. The Morgan fingerprint density at radius 2 is 1.91 bits per heavy atom. The van der Waals surface area contributed by atoms with Gasteiger partial charge >= 0.3 is 5.97 Å². The highest BCUT2D eigenvalue weighted by atomic mass is 16.4. The molecule has 0 bridgehead atoms. The maximum Gasteiger partial charge on any atom is 0.352 e. The van der Waals surface area contributed by atoms with Crippen LogP contribution in [-0.4, -0.2) is 20.6 Å². The molecule has 3 rings (SSSR count). The van der Waals surface area contributed by atoms with Crippen LogP contribution in [0.15, 0.2) is 48.7 Å². The number of para-hydroxylation sites is 1. The molecule has 0 aliphatic carbocycles. The molecule has 0 aliphatic rings. The fourth-order valence-electron chi connectivity index (χ4n) is 3.10. The molecule has 4 heteroatoms. The summed E-state index contributed by atoms with van der Waals surface area (Å²) in [5, 5.41) is 10.6. The summed E-state index contributed by atoms with van der Waals surface area (Å²) in [6.45, 7) is 6.24. The number of carbonyl (C=O) groups is 1. The van der Waals surface area contributed by atoms with Crippen LogP contribution in [-0.2, 0) is 0 Å². The first-order valence-electron chi connectivity index (χ1n) is 7.78. The van der Waals surface area contributed by atoms with E-state index in [4.69, 9.17) is 0 Å². The molecule has 0 saturated heterocycles. The molecule has 1 aromatic carbocycles. The number of carboxylic acids is 1. The lowest BCUT2D eigenvalue weighted by molar-refractivity contribution is 0.0684. The molecule has 23 heavy (non-hydrogen) atoms. The third-order valence-electron chi connectivity index (χ3n) is 4.24. The van der Waals surface area contributed by atoms with Crippen LogP contribution in [0.2, 0.25) is 0 Å². The summed E-state index contributed by atoms with van der Waals surface area (Å²) < 4.78 is 1.90. The molecule has 2 heterocycles. The maximum atomic E-state index is 11.8. The third kappa shape index (κ3) is 2.61. The third-order valence-corrected chi connectivity index (χ3v) is 4.24. The molecule has 1 N–H and O–H groups in total. The summed E-state index contributed by atoms with van der Waals surface area (Å²) in [6, 6.07) is 13.3. The van der Waals surface area contributed by atoms with E-state index in [-0.39, 0.29) is 6.04 Å². The zero-order valence-electron chi connectivity index (χ0n) is 13.5. The summed E-state index contributed by atoms with van der Waals surface area (Å²) >= 11 is 0. The number of fused-ring (bicyclic) bond motifs is 1. The Morgan fingerprint density at radius 3 is 2.52 bits per heavy atom. The molecule has 3 aromatic rings. The maximum absolute atomic E-state index is 11.8. The van der Waals surface area contributed by atoms with E-state index in [0.29, 0.717) is 11.6 Å². The smallest absolute Gasteiger partial charge is 0.352 e. The van der Waals surface area contributed by atoms with Gasteiger partial charge in [-0.15, -0.1) is 0 Å². The zero-order chi connectivity index (χ0) is 16.6. The van der Waals surface area contributed by atoms with Crippen molar-refractivity contribution in [1.29, 1.82) is 0 Å². The van der Waals surface area contributed by atoms with Gasteiger partial charge in [0.05, 0.1) is 17.3 Å². The molecule has 0 aliphatic heterocycles. The quantitative estimate of drug-likeness (QED) is 0.773. The SMILES string of the molecule is CC(C)c1cccc2cc(C(=O)O)n(C(C)c3ccccn3)c12. The average molecular weight is 308 g/mol. The van der Waals surface area contributed by atoms with Crippen LogP contribution in [0.4, 0.5) is 0 Å². The second-order valence-corrected chi connectivity index (χ2v) is 6.08. The van der Waals surface area contributed by atoms with Gasteiger partial charge in [0, 0.05) is 11.6 Å². The van der Waals surface area contributed by atoms with E-state index >= 15 is 0 Å². The lowest BCUT2D eigenvalue weighted by Gasteiger charge is -2.19. The van der Waals surface area contributed by atoms with Crippen LogP contribution in [0.5, 0.6) is 0 Å². The van der Waals surface area contributed by atoms with E-state index in [1.807, 2.05) is 41.8 Å². The van der Waals surface area contributed by atoms with E-state index in [1.54, 1.807) is 12.3 Å². The van der Waals surface area contributed by atoms with Crippen molar-refractivity contribution in [2.75, 3.05) is 0 Å². The normalized spacial score (nSPS) is 12.7. The minimum absolute atomic E-state index is 0.153. The molecule has 0 saturated carbocycles. The highest BCUT2D eigenvalue weighted by molar-refractivity contribution is 5.96. The monoisotopic (exact) mass is 308 g/mol. The van der Waals surface area contributed by atoms with E-state index in [2.05, 4.69) is 24.9 Å². The Balaban J connectivity index is 2.32. The minimum atomic E-state index is -0.918. The molecule has 0 spiro atoms. The molecule has 2 aromatic heterocycles. The second-order valence-electron chi connectivity index (χ2n) is 6.08. The molecule has 0 radical (unpaired) electrons. The first-order valence-corrected chi connectivity index (χ1v) is 7.78. The molecule has 1 unspecified atom stereocenters. The van der Waals surface area contributed by atoms with Gasteiger partial charge in [0.2, 0.25) is 0 Å². The summed E-state index contributed by atoms with van der Waals surface area (Å²) in [7, 11) is 0. The number of rotatable bonds is 4. The van der Waals surface area contributed by atoms with Crippen molar-refractivity contribution in [3.63, 3.8) is 0 Å². The number of benzene rings is 1. The molecular weight excluding hydrogens is 288 g/mol. The number of nitrogens with zero attached hydrogens (tertiary/aromatic N) is 2. The van der Waals surface area contributed by atoms with Gasteiger partial charge in [-0.1, -0.05) is 38.1 Å². The van der Waals surface area contributed by atoms with Gasteiger partial charge in [-0.05, 0) is 36.6 Å². The Morgan fingerprint density at radius 1 is 1.13 bits per heavy atom. The van der Waals surface area contributed by atoms with Crippen molar-refractivity contribution in [1.82, 2.24) is 9.55 Å². The largest absolute Gasteiger partial charge is 0.477 e. The van der Waals surface area contributed by atoms with Crippen molar-refractivity contribution in [2.24, 2.45) is 0 Å². The number of aromatic carboxylic acids is 1. The Labute approximate surface area is 135 Å². The van der Waals surface area contributed by atoms with Crippen molar-refractivity contribution in [2.45, 2.75) is 32.7 Å². The van der Waals surface area contributed by atoms with Gasteiger partial charge in [0.25, 0.3) is 0 Å². The van der Waals surface area contributed by atoms with Crippen LogP contribution in [0.25, 0.3) is 10.9 Å². The van der Waals surface area contributed by atoms with E-state index in [1.165, 1.54) is 0 Å². The van der Waals surface area contributed by atoms with Crippen LogP contribution in [0.3, 0.4) is 0 Å². The topological polar surface area (TPSA) is 55.1 Å². The van der Waals surface area contributed by atoms with E-state index in [0.717, 1.165) is 22.2 Å². The first kappa shape index (κ1) is 15.3. The molecular formula is C19H20N2O2. The second kappa shape index (κ2) is 5.88. The standard InChI is InChI=1S/C19H20N2O2/c1-12(2)15-8-6-7-14-11-17(19(22)23)21(18(14)15)13(3)16-9-4-5-10-20-16/h4-13H,1-3H3,(H,22,23). The molecule has 0 amide bonds. The predicted octanol–water partition coefficient (Wildman–Crippen LogP) is 4.47. The lowest BCUT2D eigenvalue weighted by atomic mass is 10.0. The van der Waals surface area contributed by atoms with E-state index < -0.39 is 5.97 Å². The fraction of sp³-hybridized carbons (Fsp3) is 0.263. The van der Waals surface area contributed by atoms with Crippen molar-refractivity contribution < 1.29 is 9.90 Å². The average Bonchev–Trinajstić information content (AvgIpc) is 2.94. The van der Waals surface area contributed by atoms with Gasteiger partial charge in [0.15, 0.2) is 0 Å². The van der Waals surface area contributed by atoms with Crippen molar-refractivity contribution in [3.05, 3.63) is 65.6 Å². The number of hydrogen-bond donors (Lipinski definition) is 1. The molecule has 4 nitrogen and oxygen atoms in total. The van der Waals surface area contributed by atoms with Crippen LogP contribution >= 0.6 is 0 Å². The van der Waals surface area contributed by atoms with Crippen LogP contribution in [0, 0.1) is 0 Å². The molecule has 0 fully saturated rings. The Hall–Kier alpha value is -2.62. The minimum Gasteiger partial charge on any atom is -0.477 e. The number of carboxylic acid groups (broad SMARTS) is 1. The predicted molar refractivity (Wildman–Crippen MR) is 91.0 cm³/mol. The van der Waals surface area contributed by atoms with Gasteiger partial charge < -0.3 is 9.67 Å². The van der Waals surface area contributed by atoms with Crippen molar-refractivity contribution in [3.8, 4) is 0 Å². The summed E-state index contributed by atoms with van der Waals surface area (Å²) in [5.41, 5.74) is 3.29. The van der Waals surface area contributed by atoms with Gasteiger partial charge in [-0.3, -0.25) is 4.98 Å². The Kier molecular flexibility index (Phi) is 3.90. The first-order chi connectivity index (χ1) is 11.0. The van der Waals surface area contributed by atoms with E-state index in [9.17, 15) is 9.90 Å². The van der Waals surface area contributed by atoms with Crippen LogP contribution < -0.4 is 0 Å². The number of hydrogen-bond acceptors (Lipinski definition) is 2. The van der Waals surface area contributed by atoms with Crippen molar-refractivity contribution >= 4 is 16.9 Å². The van der Waals surface area contributed by atoms with Gasteiger partial charge in [-0.25, -0.2) is 4.79 Å². The lowest BCUT2D eigenvalue weighted by Crippen LogP contribution is -2.15. The molecule has 118 valence electrons. The molecule has 1 atom stereocenters. The number of aromatic nitrogens is 2. The van der Waals surface area contributed by atoms with Gasteiger partial charge in [-0.2, -0.15) is 0 Å². The fourth-order valence-corrected chi connectivity index (χ4v) is 3.10. The van der Waals surface area contributed by atoms with Crippen LogP contribution in [0.1, 0.15) is 54.5 Å². The zero-order valence-corrected chi connectivity index (χ0v) is 13.5.